The summed E-state index contributed by atoms with van der Waals surface area (Å²) >= 11 is 0. The van der Waals surface area contributed by atoms with Crippen LogP contribution in [0.2, 0.25) is 0 Å². The van der Waals surface area contributed by atoms with Gasteiger partial charge in [0.25, 0.3) is 0 Å². The van der Waals surface area contributed by atoms with Crippen LogP contribution in [0.4, 0.5) is 0 Å². The highest BCUT2D eigenvalue weighted by Crippen LogP contribution is 2.22. The van der Waals surface area contributed by atoms with Crippen molar-refractivity contribution in [2.45, 2.75) is 24.8 Å². The van der Waals surface area contributed by atoms with Crippen molar-refractivity contribution >= 4 is 16.0 Å². The summed E-state index contributed by atoms with van der Waals surface area (Å²) in [6, 6.07) is 3.90. The molecule has 2 rings (SSSR count). The van der Waals surface area contributed by atoms with E-state index in [2.05, 4.69) is 9.71 Å². The second-order valence-corrected chi connectivity index (χ2v) is 6.14. The molecular weight excluding hydrogens is 296 g/mol. The molecule has 0 amide bonds. The number of aryl methyl sites for hydroxylation is 1. The van der Waals surface area contributed by atoms with Gasteiger partial charge in [0.2, 0.25) is 15.8 Å². The maximum Gasteiger partial charge on any atom is 0.371 e. The van der Waals surface area contributed by atoms with Crippen LogP contribution in [0.25, 0.3) is 0 Å². The first-order chi connectivity index (χ1) is 9.81. The minimum Gasteiger partial charge on any atom is -0.475 e. The summed E-state index contributed by atoms with van der Waals surface area (Å²) in [6.07, 6.45) is 3.12. The molecule has 8 heteroatoms. The van der Waals surface area contributed by atoms with Crippen molar-refractivity contribution in [3.63, 3.8) is 0 Å². The van der Waals surface area contributed by atoms with Gasteiger partial charge in [-0.2, -0.15) is 0 Å². The summed E-state index contributed by atoms with van der Waals surface area (Å²) in [5.74, 6) is -1.70. The zero-order valence-corrected chi connectivity index (χ0v) is 12.2. The van der Waals surface area contributed by atoms with Gasteiger partial charge in [-0.25, -0.2) is 17.9 Å². The topological polar surface area (TPSA) is 109 Å². The molecule has 0 radical (unpaired) electrons. The van der Waals surface area contributed by atoms with E-state index in [9.17, 15) is 13.2 Å². The summed E-state index contributed by atoms with van der Waals surface area (Å²) in [5, 5.41) is 8.83. The summed E-state index contributed by atoms with van der Waals surface area (Å²) in [7, 11) is -3.88. The first-order valence-electron chi connectivity index (χ1n) is 6.07. The van der Waals surface area contributed by atoms with Gasteiger partial charge >= 0.3 is 5.97 Å². The molecule has 0 saturated heterocycles. The second kappa shape index (κ2) is 5.66. The lowest BCUT2D eigenvalue weighted by Gasteiger charge is -2.13. The van der Waals surface area contributed by atoms with Crippen LogP contribution in [-0.4, -0.2) is 24.5 Å². The molecule has 0 spiro atoms. The van der Waals surface area contributed by atoms with Gasteiger partial charge in [-0.05, 0) is 31.5 Å². The summed E-state index contributed by atoms with van der Waals surface area (Å²) in [6.45, 7) is 3.08. The molecule has 1 atom stereocenters. The normalized spacial score (nSPS) is 13.0. The molecule has 21 heavy (non-hydrogen) atoms. The molecule has 7 nitrogen and oxygen atoms in total. The molecule has 0 aromatic carbocycles. The van der Waals surface area contributed by atoms with Crippen molar-refractivity contribution < 1.29 is 22.7 Å². The van der Waals surface area contributed by atoms with E-state index in [-0.39, 0.29) is 10.7 Å². The predicted molar refractivity (Wildman–Crippen MR) is 73.4 cm³/mol. The number of aromatic carboxylic acids is 1. The van der Waals surface area contributed by atoms with Crippen molar-refractivity contribution in [2.75, 3.05) is 0 Å². The predicted octanol–water partition coefficient (Wildman–Crippen LogP) is 1.72. The Morgan fingerprint density at radius 2 is 2.00 bits per heavy atom. The monoisotopic (exact) mass is 310 g/mol. The molecule has 0 aliphatic rings. The number of carbonyl (C=O) groups is 1. The fraction of sp³-hybridized carbons (Fsp3) is 0.231. The third-order valence-corrected chi connectivity index (χ3v) is 4.56. The van der Waals surface area contributed by atoms with Crippen LogP contribution >= 0.6 is 0 Å². The zero-order chi connectivity index (χ0) is 15.6. The molecule has 0 unspecified atom stereocenters. The molecule has 0 fully saturated rings. The van der Waals surface area contributed by atoms with Crippen LogP contribution < -0.4 is 4.72 Å². The molecule has 2 heterocycles. The molecule has 0 aliphatic carbocycles. The summed E-state index contributed by atoms with van der Waals surface area (Å²) in [5.41, 5.74) is 0.744. The Kier molecular flexibility index (Phi) is 4.10. The Morgan fingerprint density at radius 3 is 2.52 bits per heavy atom. The lowest BCUT2D eigenvalue weighted by molar-refractivity contribution is 0.0661. The minimum atomic E-state index is -3.88. The average molecular weight is 310 g/mol. The van der Waals surface area contributed by atoms with Gasteiger partial charge in [0.05, 0.1) is 0 Å². The van der Waals surface area contributed by atoms with Crippen LogP contribution in [0.5, 0.6) is 0 Å². The van der Waals surface area contributed by atoms with Gasteiger partial charge in [-0.3, -0.25) is 4.98 Å². The standard InChI is InChI=1S/C13H14N2O5S/c1-8(10-3-5-14-6-4-10)15-21(18,19)12-7-11(13(16)17)20-9(12)2/h3-8,15H,1-2H3,(H,16,17)/t8-/m1/s1. The second-order valence-electron chi connectivity index (χ2n) is 4.46. The van der Waals surface area contributed by atoms with E-state index in [4.69, 9.17) is 9.52 Å². The smallest absolute Gasteiger partial charge is 0.371 e. The number of aromatic nitrogens is 1. The maximum absolute atomic E-state index is 12.3. The third kappa shape index (κ3) is 3.29. The highest BCUT2D eigenvalue weighted by Gasteiger charge is 2.25. The number of nitrogens with one attached hydrogen (secondary N) is 1. The molecule has 2 aromatic rings. The van der Waals surface area contributed by atoms with Gasteiger partial charge in [0.15, 0.2) is 0 Å². The lowest BCUT2D eigenvalue weighted by atomic mass is 10.1. The Hall–Kier alpha value is -2.19. The number of hydrogen-bond donors (Lipinski definition) is 2. The molecule has 0 aliphatic heterocycles. The van der Waals surface area contributed by atoms with E-state index in [1.165, 1.54) is 6.92 Å². The van der Waals surface area contributed by atoms with Gasteiger partial charge in [-0.15, -0.1) is 0 Å². The molecule has 2 N–H and O–H groups in total. The first-order valence-corrected chi connectivity index (χ1v) is 7.55. The molecule has 112 valence electrons. The average Bonchev–Trinajstić information content (AvgIpc) is 2.82. The zero-order valence-electron chi connectivity index (χ0n) is 11.4. The van der Waals surface area contributed by atoms with Crippen molar-refractivity contribution in [1.82, 2.24) is 9.71 Å². The summed E-state index contributed by atoms with van der Waals surface area (Å²) < 4.78 is 32.0. The molecule has 0 saturated carbocycles. The fourth-order valence-corrected chi connectivity index (χ4v) is 3.26. The number of nitrogens with zero attached hydrogens (tertiary/aromatic N) is 1. The quantitative estimate of drug-likeness (QED) is 0.870. The van der Waals surface area contributed by atoms with Crippen molar-refractivity contribution in [1.29, 1.82) is 0 Å². The van der Waals surface area contributed by atoms with E-state index < -0.39 is 27.8 Å². The lowest BCUT2D eigenvalue weighted by Crippen LogP contribution is -2.27. The molecular formula is C13H14N2O5S. The Balaban J connectivity index is 2.29. The number of sulfonamides is 1. The number of pyridine rings is 1. The number of furan rings is 1. The van der Waals surface area contributed by atoms with Crippen molar-refractivity contribution in [2.24, 2.45) is 0 Å². The van der Waals surface area contributed by atoms with Crippen LogP contribution in [0.1, 0.15) is 34.8 Å². The third-order valence-electron chi connectivity index (χ3n) is 2.91. The van der Waals surface area contributed by atoms with Gasteiger partial charge in [0, 0.05) is 24.5 Å². The first kappa shape index (κ1) is 15.2. The van der Waals surface area contributed by atoms with E-state index in [0.717, 1.165) is 11.6 Å². The van der Waals surface area contributed by atoms with E-state index in [0.29, 0.717) is 0 Å². The Morgan fingerprint density at radius 1 is 1.38 bits per heavy atom. The maximum atomic E-state index is 12.3. The van der Waals surface area contributed by atoms with Crippen molar-refractivity contribution in [3.05, 3.63) is 47.7 Å². The van der Waals surface area contributed by atoms with E-state index >= 15 is 0 Å². The van der Waals surface area contributed by atoms with Crippen molar-refractivity contribution in [3.8, 4) is 0 Å². The highest BCUT2D eigenvalue weighted by atomic mass is 32.2. The largest absolute Gasteiger partial charge is 0.475 e. The molecule has 0 bridgehead atoms. The minimum absolute atomic E-state index is 0.0295. The van der Waals surface area contributed by atoms with Gasteiger partial charge < -0.3 is 9.52 Å². The van der Waals surface area contributed by atoms with Gasteiger partial charge in [0.1, 0.15) is 10.7 Å². The number of rotatable bonds is 5. The number of hydrogen-bond acceptors (Lipinski definition) is 5. The van der Waals surface area contributed by atoms with E-state index in [1.807, 2.05) is 0 Å². The number of carboxylic acid groups (broad SMARTS) is 1. The van der Waals surface area contributed by atoms with Crippen LogP contribution in [-0.2, 0) is 10.0 Å². The Bertz CT molecular complexity index is 752. The number of carboxylic acids is 1. The summed E-state index contributed by atoms with van der Waals surface area (Å²) in [4.78, 5) is 14.5. The van der Waals surface area contributed by atoms with Crippen LogP contribution in [0.15, 0.2) is 39.9 Å². The molecule has 2 aromatic heterocycles. The SMILES string of the molecule is Cc1oc(C(=O)O)cc1S(=O)(=O)N[C@H](C)c1ccncc1. The van der Waals surface area contributed by atoms with Crippen LogP contribution in [0, 0.1) is 6.92 Å². The Labute approximate surface area is 121 Å². The highest BCUT2D eigenvalue weighted by molar-refractivity contribution is 7.89. The van der Waals surface area contributed by atoms with E-state index in [1.54, 1.807) is 31.5 Å². The van der Waals surface area contributed by atoms with Gasteiger partial charge in [-0.1, -0.05) is 0 Å². The van der Waals surface area contributed by atoms with Crippen LogP contribution in [0.3, 0.4) is 0 Å². The fourth-order valence-electron chi connectivity index (χ4n) is 1.85.